The van der Waals surface area contributed by atoms with Crippen molar-refractivity contribution in [2.75, 3.05) is 5.32 Å². The summed E-state index contributed by atoms with van der Waals surface area (Å²) in [6.45, 7) is 1.91. The van der Waals surface area contributed by atoms with Crippen LogP contribution in [0.4, 0.5) is 5.69 Å². The number of aryl methyl sites for hydroxylation is 1. The first-order valence-electron chi connectivity index (χ1n) is 4.66. The number of anilines is 1. The summed E-state index contributed by atoms with van der Waals surface area (Å²) in [4.78, 5) is 12.8. The van der Waals surface area contributed by atoms with E-state index in [-0.39, 0.29) is 5.91 Å². The highest BCUT2D eigenvalue weighted by molar-refractivity contribution is 7.05. The summed E-state index contributed by atoms with van der Waals surface area (Å²) >= 11 is 7.23. The van der Waals surface area contributed by atoms with E-state index < -0.39 is 0 Å². The van der Waals surface area contributed by atoms with Gasteiger partial charge in [0.05, 0.1) is 10.7 Å². The first kappa shape index (κ1) is 11.1. The Morgan fingerprint density at radius 1 is 1.44 bits per heavy atom. The van der Waals surface area contributed by atoms with Gasteiger partial charge in [0.25, 0.3) is 5.91 Å². The number of hydrogen-bond donors (Lipinski definition) is 1. The fourth-order valence-corrected chi connectivity index (χ4v) is 1.95. The van der Waals surface area contributed by atoms with Crippen molar-refractivity contribution >= 4 is 34.7 Å². The lowest BCUT2D eigenvalue weighted by Gasteiger charge is -2.04. The molecule has 0 bridgehead atoms. The van der Waals surface area contributed by atoms with Gasteiger partial charge in [-0.2, -0.15) is 4.37 Å². The molecule has 0 radical (unpaired) electrons. The largest absolute Gasteiger partial charge is 0.319 e. The second-order valence-electron chi connectivity index (χ2n) is 3.26. The molecule has 0 atom stereocenters. The van der Waals surface area contributed by atoms with E-state index >= 15 is 0 Å². The maximum absolute atomic E-state index is 11.8. The maximum atomic E-state index is 11.8. The van der Waals surface area contributed by atoms with Gasteiger partial charge in [0.2, 0.25) is 0 Å². The van der Waals surface area contributed by atoms with E-state index in [4.69, 9.17) is 11.6 Å². The number of amides is 1. The zero-order chi connectivity index (χ0) is 11.5. The SMILES string of the molecule is Cc1cc(C(=O)Nc2ccccc2Cl)ns1. The Balaban J connectivity index is 2.17. The fourth-order valence-electron chi connectivity index (χ4n) is 1.22. The van der Waals surface area contributed by atoms with Crippen LogP contribution < -0.4 is 5.32 Å². The summed E-state index contributed by atoms with van der Waals surface area (Å²) in [6.07, 6.45) is 0. The molecule has 0 fully saturated rings. The summed E-state index contributed by atoms with van der Waals surface area (Å²) in [5.74, 6) is -0.238. The number of hydrogen-bond acceptors (Lipinski definition) is 3. The standard InChI is InChI=1S/C11H9ClN2OS/c1-7-6-10(14-16-7)11(15)13-9-5-3-2-4-8(9)12/h2-6H,1H3,(H,13,15). The molecule has 0 saturated heterocycles. The third-order valence-electron chi connectivity index (χ3n) is 1.98. The van der Waals surface area contributed by atoms with E-state index in [1.165, 1.54) is 11.5 Å². The second-order valence-corrected chi connectivity index (χ2v) is 4.67. The Labute approximate surface area is 102 Å². The summed E-state index contributed by atoms with van der Waals surface area (Å²) in [5.41, 5.74) is 1.02. The molecule has 1 amide bonds. The number of benzene rings is 1. The normalized spacial score (nSPS) is 10.1. The number of carbonyl (C=O) groups excluding carboxylic acids is 1. The molecule has 1 heterocycles. The van der Waals surface area contributed by atoms with Crippen molar-refractivity contribution in [1.82, 2.24) is 4.37 Å². The number of nitrogens with zero attached hydrogens (tertiary/aromatic N) is 1. The molecular weight excluding hydrogens is 244 g/mol. The van der Waals surface area contributed by atoms with Gasteiger partial charge in [0.15, 0.2) is 0 Å². The third-order valence-corrected chi connectivity index (χ3v) is 3.01. The molecule has 1 aromatic heterocycles. The van der Waals surface area contributed by atoms with E-state index in [9.17, 15) is 4.79 Å². The summed E-state index contributed by atoms with van der Waals surface area (Å²) in [7, 11) is 0. The molecule has 0 spiro atoms. The third kappa shape index (κ3) is 2.40. The lowest BCUT2D eigenvalue weighted by molar-refractivity contribution is 0.102. The Morgan fingerprint density at radius 3 is 2.81 bits per heavy atom. The van der Waals surface area contributed by atoms with Gasteiger partial charge in [-0.15, -0.1) is 0 Å². The molecule has 2 aromatic rings. The molecule has 0 aliphatic rings. The molecule has 1 aromatic carbocycles. The molecule has 0 aliphatic heterocycles. The predicted octanol–water partition coefficient (Wildman–Crippen LogP) is 3.36. The predicted molar refractivity (Wildman–Crippen MR) is 66.3 cm³/mol. The van der Waals surface area contributed by atoms with Gasteiger partial charge in [-0.1, -0.05) is 23.7 Å². The Bertz CT molecular complexity index is 524. The van der Waals surface area contributed by atoms with Crippen molar-refractivity contribution in [2.24, 2.45) is 0 Å². The van der Waals surface area contributed by atoms with Crippen LogP contribution in [-0.4, -0.2) is 10.3 Å². The number of para-hydroxylation sites is 1. The number of nitrogens with one attached hydrogen (secondary N) is 1. The molecular formula is C11H9ClN2OS. The van der Waals surface area contributed by atoms with Crippen molar-refractivity contribution in [1.29, 1.82) is 0 Å². The van der Waals surface area contributed by atoms with E-state index in [0.717, 1.165) is 4.88 Å². The van der Waals surface area contributed by atoms with Gasteiger partial charge in [-0.05, 0) is 36.7 Å². The summed E-state index contributed by atoms with van der Waals surface area (Å²) < 4.78 is 4.03. The summed E-state index contributed by atoms with van der Waals surface area (Å²) in [5, 5.41) is 3.23. The molecule has 82 valence electrons. The second kappa shape index (κ2) is 4.63. The van der Waals surface area contributed by atoms with E-state index in [0.29, 0.717) is 16.4 Å². The van der Waals surface area contributed by atoms with Crippen LogP contribution in [0.5, 0.6) is 0 Å². The lowest BCUT2D eigenvalue weighted by atomic mass is 10.3. The van der Waals surface area contributed by atoms with Gasteiger partial charge in [0.1, 0.15) is 5.69 Å². The zero-order valence-corrected chi connectivity index (χ0v) is 10.1. The van der Waals surface area contributed by atoms with Gasteiger partial charge in [-0.25, -0.2) is 0 Å². The average molecular weight is 253 g/mol. The molecule has 0 unspecified atom stereocenters. The monoisotopic (exact) mass is 252 g/mol. The van der Waals surface area contributed by atoms with Gasteiger partial charge in [-0.3, -0.25) is 4.79 Å². The van der Waals surface area contributed by atoms with E-state index in [2.05, 4.69) is 9.69 Å². The fraction of sp³-hybridized carbons (Fsp3) is 0.0909. The van der Waals surface area contributed by atoms with Crippen LogP contribution in [0.15, 0.2) is 30.3 Å². The average Bonchev–Trinajstić information content (AvgIpc) is 2.68. The van der Waals surface area contributed by atoms with E-state index in [1.54, 1.807) is 18.2 Å². The van der Waals surface area contributed by atoms with Gasteiger partial charge < -0.3 is 5.32 Å². The van der Waals surface area contributed by atoms with Crippen LogP contribution >= 0.6 is 23.1 Å². The minimum absolute atomic E-state index is 0.238. The quantitative estimate of drug-likeness (QED) is 0.891. The topological polar surface area (TPSA) is 42.0 Å². The van der Waals surface area contributed by atoms with Gasteiger partial charge in [0, 0.05) is 4.88 Å². The highest BCUT2D eigenvalue weighted by Gasteiger charge is 2.10. The van der Waals surface area contributed by atoms with Crippen LogP contribution in [0.2, 0.25) is 5.02 Å². The Hall–Kier alpha value is -1.39. The Morgan fingerprint density at radius 2 is 2.19 bits per heavy atom. The lowest BCUT2D eigenvalue weighted by Crippen LogP contribution is -2.12. The Kier molecular flexibility index (Phi) is 3.22. The molecule has 1 N–H and O–H groups in total. The molecule has 0 saturated carbocycles. The van der Waals surface area contributed by atoms with Crippen molar-refractivity contribution in [3.8, 4) is 0 Å². The van der Waals surface area contributed by atoms with Gasteiger partial charge >= 0.3 is 0 Å². The molecule has 5 heteroatoms. The van der Waals surface area contributed by atoms with Crippen molar-refractivity contribution < 1.29 is 4.79 Å². The smallest absolute Gasteiger partial charge is 0.275 e. The van der Waals surface area contributed by atoms with Crippen molar-refractivity contribution in [2.45, 2.75) is 6.92 Å². The molecule has 2 rings (SSSR count). The molecule has 3 nitrogen and oxygen atoms in total. The highest BCUT2D eigenvalue weighted by atomic mass is 35.5. The minimum Gasteiger partial charge on any atom is -0.319 e. The van der Waals surface area contributed by atoms with Crippen LogP contribution in [0.3, 0.4) is 0 Å². The van der Waals surface area contributed by atoms with Crippen LogP contribution in [0, 0.1) is 6.92 Å². The van der Waals surface area contributed by atoms with Crippen molar-refractivity contribution in [3.63, 3.8) is 0 Å². The molecule has 16 heavy (non-hydrogen) atoms. The zero-order valence-electron chi connectivity index (χ0n) is 8.53. The van der Waals surface area contributed by atoms with Crippen LogP contribution in [0.1, 0.15) is 15.4 Å². The number of rotatable bonds is 2. The summed E-state index contributed by atoms with van der Waals surface area (Å²) in [6, 6.07) is 8.85. The highest BCUT2D eigenvalue weighted by Crippen LogP contribution is 2.21. The van der Waals surface area contributed by atoms with Crippen LogP contribution in [0.25, 0.3) is 0 Å². The molecule has 0 aliphatic carbocycles. The van der Waals surface area contributed by atoms with Crippen LogP contribution in [-0.2, 0) is 0 Å². The maximum Gasteiger partial charge on any atom is 0.275 e. The first-order chi connectivity index (χ1) is 7.66. The first-order valence-corrected chi connectivity index (χ1v) is 5.81. The number of halogens is 1. The number of aromatic nitrogens is 1. The van der Waals surface area contributed by atoms with E-state index in [1.807, 2.05) is 19.1 Å². The number of carbonyl (C=O) groups is 1. The van der Waals surface area contributed by atoms with Crippen molar-refractivity contribution in [3.05, 3.63) is 45.9 Å². The minimum atomic E-state index is -0.238.